The standard InChI is InChI=1S/C14H10F3IO2/c15-14(16,17)20-13-7-11(18)6-12(8-13)19-9-10-4-2-1-3-5-10/h1-8H,9H2. The molecule has 0 heterocycles. The molecule has 2 aromatic carbocycles. The van der Waals surface area contributed by atoms with Crippen molar-refractivity contribution < 1.29 is 22.6 Å². The van der Waals surface area contributed by atoms with Gasteiger partial charge in [-0.1, -0.05) is 30.3 Å². The normalized spacial score (nSPS) is 11.2. The van der Waals surface area contributed by atoms with Crippen molar-refractivity contribution in [3.05, 3.63) is 57.7 Å². The van der Waals surface area contributed by atoms with E-state index in [9.17, 15) is 13.2 Å². The zero-order valence-corrected chi connectivity index (χ0v) is 12.3. The second-order valence-corrected chi connectivity index (χ2v) is 5.19. The van der Waals surface area contributed by atoms with Crippen LogP contribution in [0.4, 0.5) is 13.2 Å². The highest BCUT2D eigenvalue weighted by Crippen LogP contribution is 2.29. The highest BCUT2D eigenvalue weighted by Gasteiger charge is 2.31. The van der Waals surface area contributed by atoms with Gasteiger partial charge in [0, 0.05) is 9.64 Å². The number of halogens is 4. The van der Waals surface area contributed by atoms with Crippen LogP contribution in [0.5, 0.6) is 11.5 Å². The minimum absolute atomic E-state index is 0.284. The molecule has 0 aliphatic heterocycles. The van der Waals surface area contributed by atoms with Crippen molar-refractivity contribution in [1.82, 2.24) is 0 Å². The monoisotopic (exact) mass is 394 g/mol. The molecule has 0 radical (unpaired) electrons. The van der Waals surface area contributed by atoms with Crippen LogP contribution in [0.25, 0.3) is 0 Å². The van der Waals surface area contributed by atoms with Crippen molar-refractivity contribution in [2.45, 2.75) is 13.0 Å². The van der Waals surface area contributed by atoms with Crippen molar-refractivity contribution in [1.29, 1.82) is 0 Å². The molecule has 0 bridgehead atoms. The van der Waals surface area contributed by atoms with E-state index >= 15 is 0 Å². The molecule has 20 heavy (non-hydrogen) atoms. The van der Waals surface area contributed by atoms with E-state index in [1.54, 1.807) is 6.07 Å². The molecule has 0 saturated heterocycles. The Kier molecular flexibility index (Phi) is 4.74. The summed E-state index contributed by atoms with van der Waals surface area (Å²) in [5, 5.41) is 0. The fourth-order valence-electron chi connectivity index (χ4n) is 1.55. The quantitative estimate of drug-likeness (QED) is 0.696. The maximum Gasteiger partial charge on any atom is 0.573 e. The number of alkyl halides is 3. The average Bonchev–Trinajstić information content (AvgIpc) is 2.35. The first-order chi connectivity index (χ1) is 9.42. The third-order valence-electron chi connectivity index (χ3n) is 2.33. The average molecular weight is 394 g/mol. The molecule has 2 aromatic rings. The van der Waals surface area contributed by atoms with Crippen molar-refractivity contribution in [3.63, 3.8) is 0 Å². The van der Waals surface area contributed by atoms with E-state index in [-0.39, 0.29) is 12.4 Å². The SMILES string of the molecule is FC(F)(F)Oc1cc(I)cc(OCc2ccccc2)c1. The second kappa shape index (κ2) is 6.34. The van der Waals surface area contributed by atoms with E-state index < -0.39 is 6.36 Å². The predicted molar refractivity (Wildman–Crippen MR) is 76.6 cm³/mol. The van der Waals surface area contributed by atoms with Crippen LogP contribution in [0.3, 0.4) is 0 Å². The molecule has 2 rings (SSSR count). The van der Waals surface area contributed by atoms with Gasteiger partial charge >= 0.3 is 6.36 Å². The Morgan fingerprint density at radius 3 is 2.25 bits per heavy atom. The van der Waals surface area contributed by atoms with E-state index in [0.717, 1.165) is 5.56 Å². The maximum absolute atomic E-state index is 12.2. The van der Waals surface area contributed by atoms with E-state index in [1.807, 2.05) is 52.9 Å². The van der Waals surface area contributed by atoms with Crippen LogP contribution < -0.4 is 9.47 Å². The zero-order chi connectivity index (χ0) is 14.6. The second-order valence-electron chi connectivity index (χ2n) is 3.94. The molecule has 0 saturated carbocycles. The lowest BCUT2D eigenvalue weighted by molar-refractivity contribution is -0.274. The summed E-state index contributed by atoms with van der Waals surface area (Å²) in [5.41, 5.74) is 0.935. The molecule has 0 aliphatic carbocycles. The first-order valence-electron chi connectivity index (χ1n) is 5.65. The van der Waals surface area contributed by atoms with E-state index in [0.29, 0.717) is 9.32 Å². The summed E-state index contributed by atoms with van der Waals surface area (Å²) in [6.07, 6.45) is -4.71. The first kappa shape index (κ1) is 15.0. The molecule has 0 unspecified atom stereocenters. The number of rotatable bonds is 4. The van der Waals surface area contributed by atoms with Gasteiger partial charge in [0.2, 0.25) is 0 Å². The van der Waals surface area contributed by atoms with Crippen molar-refractivity contribution in [2.75, 3.05) is 0 Å². The van der Waals surface area contributed by atoms with Crippen LogP contribution >= 0.6 is 22.6 Å². The van der Waals surface area contributed by atoms with Gasteiger partial charge in [0.25, 0.3) is 0 Å². The Labute approximate surface area is 127 Å². The Balaban J connectivity index is 2.08. The molecule has 0 aliphatic rings. The van der Waals surface area contributed by atoms with E-state index in [1.165, 1.54) is 12.1 Å². The van der Waals surface area contributed by atoms with Gasteiger partial charge < -0.3 is 9.47 Å². The van der Waals surface area contributed by atoms with Crippen LogP contribution in [-0.4, -0.2) is 6.36 Å². The molecule has 6 heteroatoms. The summed E-state index contributed by atoms with van der Waals surface area (Å²) in [5.74, 6) is 0.0486. The largest absolute Gasteiger partial charge is 0.573 e. The Morgan fingerprint density at radius 2 is 1.60 bits per heavy atom. The van der Waals surface area contributed by atoms with Gasteiger partial charge in [-0.05, 0) is 40.3 Å². The van der Waals surface area contributed by atoms with Gasteiger partial charge in [0.05, 0.1) is 0 Å². The number of hydrogen-bond donors (Lipinski definition) is 0. The molecule has 0 aromatic heterocycles. The summed E-state index contributed by atoms with van der Waals surface area (Å²) < 4.78 is 46.5. The van der Waals surface area contributed by atoms with Gasteiger partial charge in [0.1, 0.15) is 18.1 Å². The number of ether oxygens (including phenoxy) is 2. The van der Waals surface area contributed by atoms with Crippen LogP contribution in [-0.2, 0) is 6.61 Å². The zero-order valence-electron chi connectivity index (χ0n) is 10.2. The molecular formula is C14H10F3IO2. The third-order valence-corrected chi connectivity index (χ3v) is 2.95. The van der Waals surface area contributed by atoms with Gasteiger partial charge in [-0.2, -0.15) is 0 Å². The number of benzene rings is 2. The van der Waals surface area contributed by atoms with Crippen LogP contribution in [0.1, 0.15) is 5.56 Å². The minimum atomic E-state index is -4.71. The van der Waals surface area contributed by atoms with E-state index in [2.05, 4.69) is 4.74 Å². The summed E-state index contributed by atoms with van der Waals surface area (Å²) in [4.78, 5) is 0. The van der Waals surface area contributed by atoms with Crippen LogP contribution in [0.15, 0.2) is 48.5 Å². The molecule has 106 valence electrons. The molecule has 0 atom stereocenters. The highest BCUT2D eigenvalue weighted by molar-refractivity contribution is 14.1. The molecule has 0 amide bonds. The highest BCUT2D eigenvalue weighted by atomic mass is 127. The summed E-state index contributed by atoms with van der Waals surface area (Å²) in [7, 11) is 0. The molecule has 0 fully saturated rings. The molecular weight excluding hydrogens is 384 g/mol. The first-order valence-corrected chi connectivity index (χ1v) is 6.73. The van der Waals surface area contributed by atoms with Gasteiger partial charge in [-0.15, -0.1) is 13.2 Å². The fourth-order valence-corrected chi connectivity index (χ4v) is 2.17. The lowest BCUT2D eigenvalue weighted by Crippen LogP contribution is -2.17. The van der Waals surface area contributed by atoms with Gasteiger partial charge in [0.15, 0.2) is 0 Å². The summed E-state index contributed by atoms with van der Waals surface area (Å²) >= 11 is 1.91. The van der Waals surface area contributed by atoms with Crippen LogP contribution in [0.2, 0.25) is 0 Å². The molecule has 2 nitrogen and oxygen atoms in total. The van der Waals surface area contributed by atoms with Gasteiger partial charge in [-0.3, -0.25) is 0 Å². The summed E-state index contributed by atoms with van der Waals surface area (Å²) in [6.45, 7) is 0.284. The fraction of sp³-hybridized carbons (Fsp3) is 0.143. The molecule has 0 N–H and O–H groups in total. The predicted octanol–water partition coefficient (Wildman–Crippen LogP) is 4.77. The Bertz CT molecular complexity index is 570. The van der Waals surface area contributed by atoms with E-state index in [4.69, 9.17) is 4.74 Å². The minimum Gasteiger partial charge on any atom is -0.489 e. The number of hydrogen-bond acceptors (Lipinski definition) is 2. The van der Waals surface area contributed by atoms with Crippen molar-refractivity contribution in [2.24, 2.45) is 0 Å². The topological polar surface area (TPSA) is 18.5 Å². The van der Waals surface area contributed by atoms with Crippen molar-refractivity contribution >= 4 is 22.6 Å². The summed E-state index contributed by atoms with van der Waals surface area (Å²) in [6, 6.07) is 13.5. The molecule has 0 spiro atoms. The van der Waals surface area contributed by atoms with Crippen LogP contribution in [0, 0.1) is 3.57 Å². The lowest BCUT2D eigenvalue weighted by atomic mass is 10.2. The smallest absolute Gasteiger partial charge is 0.489 e. The third kappa shape index (κ3) is 4.92. The van der Waals surface area contributed by atoms with Crippen molar-refractivity contribution in [3.8, 4) is 11.5 Å². The Morgan fingerprint density at radius 1 is 0.950 bits per heavy atom. The van der Waals surface area contributed by atoms with Gasteiger partial charge in [-0.25, -0.2) is 0 Å². The maximum atomic E-state index is 12.2. The Hall–Kier alpha value is -1.44. The lowest BCUT2D eigenvalue weighted by Gasteiger charge is -2.12.